The molecule has 2 aliphatic rings. The quantitative estimate of drug-likeness (QED) is 0.558. The number of morpholine rings is 1. The van der Waals surface area contributed by atoms with Crippen molar-refractivity contribution in [3.8, 4) is 0 Å². The van der Waals surface area contributed by atoms with Crippen LogP contribution in [0.1, 0.15) is 36.4 Å². The predicted octanol–water partition coefficient (Wildman–Crippen LogP) is 1.53. The molecule has 0 spiro atoms. The van der Waals surface area contributed by atoms with E-state index in [4.69, 9.17) is 10.5 Å². The molecule has 2 aliphatic heterocycles. The average Bonchev–Trinajstić information content (AvgIpc) is 2.72. The van der Waals surface area contributed by atoms with Gasteiger partial charge < -0.3 is 20.7 Å². The fourth-order valence-corrected chi connectivity index (χ4v) is 4.45. The normalized spacial score (nSPS) is 22.3. The fraction of sp³-hybridized carbons (Fsp3) is 0.636. The van der Waals surface area contributed by atoms with Gasteiger partial charge in [0.15, 0.2) is 5.96 Å². The number of amides is 1. The molecule has 3 N–H and O–H groups in total. The summed E-state index contributed by atoms with van der Waals surface area (Å²) in [6.45, 7) is 8.13. The van der Waals surface area contributed by atoms with Crippen molar-refractivity contribution in [1.29, 1.82) is 0 Å². The van der Waals surface area contributed by atoms with Gasteiger partial charge in [0.25, 0.3) is 0 Å². The molecule has 2 heterocycles. The number of carbonyl (C=O) groups excluding carboxylic acids is 1. The number of likely N-dealkylation sites (tertiary alicyclic amines) is 1. The maximum absolute atomic E-state index is 11.3. The zero-order valence-corrected chi connectivity index (χ0v) is 17.8. The molecule has 0 saturated carbocycles. The first-order chi connectivity index (χ1) is 14.1. The second-order valence-corrected chi connectivity index (χ2v) is 8.13. The molecule has 1 amide bonds. The van der Waals surface area contributed by atoms with Crippen molar-refractivity contribution < 1.29 is 9.53 Å². The molecule has 1 aromatic carbocycles. The van der Waals surface area contributed by atoms with Crippen molar-refractivity contribution in [3.05, 3.63) is 35.4 Å². The molecule has 0 aliphatic carbocycles. The van der Waals surface area contributed by atoms with Crippen LogP contribution < -0.4 is 11.1 Å². The number of primary amides is 1. The number of nitrogens with one attached hydrogen (secondary N) is 1. The lowest BCUT2D eigenvalue weighted by Crippen LogP contribution is -2.50. The Balaban J connectivity index is 1.67. The van der Waals surface area contributed by atoms with Gasteiger partial charge in [0.05, 0.1) is 19.3 Å². The second kappa shape index (κ2) is 10.6. The summed E-state index contributed by atoms with van der Waals surface area (Å²) >= 11 is 0. The fourth-order valence-electron chi connectivity index (χ4n) is 4.45. The van der Waals surface area contributed by atoms with E-state index in [-0.39, 0.29) is 11.9 Å². The van der Waals surface area contributed by atoms with E-state index < -0.39 is 0 Å². The molecule has 2 atom stereocenters. The molecular formula is C22H35N5O2. The van der Waals surface area contributed by atoms with Crippen molar-refractivity contribution in [2.24, 2.45) is 16.6 Å². The van der Waals surface area contributed by atoms with Crippen LogP contribution in [-0.2, 0) is 9.53 Å². The lowest BCUT2D eigenvalue weighted by Gasteiger charge is -2.38. The first-order valence-electron chi connectivity index (χ1n) is 10.7. The standard InChI is InChI=1S/C22H35N5O2/c1-17-5-3-7-19(13-17)20(26-9-11-29-12-10-26)15-25-22(24-2)27-8-4-6-18(16-27)14-21(23)28/h3,5,7,13,18,20H,4,6,8-12,14-16H2,1-2H3,(H2,23,28)(H,24,25). The van der Waals surface area contributed by atoms with E-state index in [9.17, 15) is 4.79 Å². The summed E-state index contributed by atoms with van der Waals surface area (Å²) in [4.78, 5) is 20.6. The minimum absolute atomic E-state index is 0.216. The Kier molecular flexibility index (Phi) is 7.89. The van der Waals surface area contributed by atoms with Gasteiger partial charge in [-0.1, -0.05) is 29.8 Å². The van der Waals surface area contributed by atoms with Gasteiger partial charge in [-0.05, 0) is 31.2 Å². The smallest absolute Gasteiger partial charge is 0.217 e. The Labute approximate surface area is 174 Å². The molecule has 160 valence electrons. The number of benzene rings is 1. The van der Waals surface area contributed by atoms with Crippen LogP contribution in [0.4, 0.5) is 0 Å². The van der Waals surface area contributed by atoms with Crippen LogP contribution in [-0.4, -0.2) is 74.7 Å². The van der Waals surface area contributed by atoms with Gasteiger partial charge in [-0.15, -0.1) is 0 Å². The van der Waals surface area contributed by atoms with Gasteiger partial charge in [-0.25, -0.2) is 0 Å². The van der Waals surface area contributed by atoms with E-state index in [0.717, 1.165) is 64.7 Å². The Morgan fingerprint density at radius 2 is 2.14 bits per heavy atom. The highest BCUT2D eigenvalue weighted by atomic mass is 16.5. The molecule has 0 radical (unpaired) electrons. The topological polar surface area (TPSA) is 83.2 Å². The Bertz CT molecular complexity index is 702. The zero-order valence-electron chi connectivity index (χ0n) is 17.8. The third-order valence-electron chi connectivity index (χ3n) is 5.89. The van der Waals surface area contributed by atoms with Crippen LogP contribution in [0, 0.1) is 12.8 Å². The van der Waals surface area contributed by atoms with Gasteiger partial charge in [-0.3, -0.25) is 14.7 Å². The Morgan fingerprint density at radius 1 is 1.34 bits per heavy atom. The summed E-state index contributed by atoms with van der Waals surface area (Å²) in [6.07, 6.45) is 2.56. The highest BCUT2D eigenvalue weighted by Crippen LogP contribution is 2.23. The van der Waals surface area contributed by atoms with Crippen LogP contribution in [0.25, 0.3) is 0 Å². The maximum atomic E-state index is 11.3. The van der Waals surface area contributed by atoms with Crippen molar-refractivity contribution in [3.63, 3.8) is 0 Å². The van der Waals surface area contributed by atoms with E-state index >= 15 is 0 Å². The Morgan fingerprint density at radius 3 is 2.83 bits per heavy atom. The number of aliphatic imine (C=N–C) groups is 1. The van der Waals surface area contributed by atoms with Crippen LogP contribution >= 0.6 is 0 Å². The van der Waals surface area contributed by atoms with Crippen LogP contribution in [0.3, 0.4) is 0 Å². The van der Waals surface area contributed by atoms with Gasteiger partial charge in [0.1, 0.15) is 0 Å². The zero-order chi connectivity index (χ0) is 20.6. The molecule has 2 saturated heterocycles. The van der Waals surface area contributed by atoms with Gasteiger partial charge in [-0.2, -0.15) is 0 Å². The van der Waals surface area contributed by atoms with E-state index in [1.54, 1.807) is 0 Å². The van der Waals surface area contributed by atoms with Gasteiger partial charge in [0, 0.05) is 46.2 Å². The number of nitrogens with two attached hydrogens (primary N) is 1. The van der Waals surface area contributed by atoms with Crippen LogP contribution in [0.2, 0.25) is 0 Å². The number of ether oxygens (including phenoxy) is 1. The first kappa shape index (κ1) is 21.6. The molecule has 2 unspecified atom stereocenters. The summed E-state index contributed by atoms with van der Waals surface area (Å²) in [6, 6.07) is 9.02. The van der Waals surface area contributed by atoms with Crippen molar-refractivity contribution >= 4 is 11.9 Å². The van der Waals surface area contributed by atoms with E-state index in [0.29, 0.717) is 12.3 Å². The second-order valence-electron chi connectivity index (χ2n) is 8.13. The summed E-state index contributed by atoms with van der Waals surface area (Å²) < 4.78 is 5.56. The molecule has 0 aromatic heterocycles. The van der Waals surface area contributed by atoms with E-state index in [1.165, 1.54) is 11.1 Å². The third kappa shape index (κ3) is 6.18. The SMILES string of the molecule is CN=C(NCC(c1cccc(C)c1)N1CCOCC1)N1CCCC(CC(N)=O)C1. The number of rotatable bonds is 6. The van der Waals surface area contributed by atoms with E-state index in [1.807, 2.05) is 7.05 Å². The molecule has 7 heteroatoms. The largest absolute Gasteiger partial charge is 0.379 e. The predicted molar refractivity (Wildman–Crippen MR) is 116 cm³/mol. The minimum Gasteiger partial charge on any atom is -0.379 e. The lowest BCUT2D eigenvalue weighted by atomic mass is 9.95. The number of hydrogen-bond acceptors (Lipinski definition) is 4. The Hall–Kier alpha value is -2.12. The van der Waals surface area contributed by atoms with Crippen molar-refractivity contribution in [1.82, 2.24) is 15.1 Å². The molecule has 1 aromatic rings. The van der Waals surface area contributed by atoms with Crippen LogP contribution in [0.15, 0.2) is 29.3 Å². The van der Waals surface area contributed by atoms with Gasteiger partial charge in [0.2, 0.25) is 5.91 Å². The molecule has 3 rings (SSSR count). The van der Waals surface area contributed by atoms with E-state index in [2.05, 4.69) is 51.3 Å². The highest BCUT2D eigenvalue weighted by Gasteiger charge is 2.26. The summed E-state index contributed by atoms with van der Waals surface area (Å²) in [5.74, 6) is 1.00. The first-order valence-corrected chi connectivity index (χ1v) is 10.7. The number of hydrogen-bond donors (Lipinski definition) is 2. The van der Waals surface area contributed by atoms with Crippen LogP contribution in [0.5, 0.6) is 0 Å². The third-order valence-corrected chi connectivity index (χ3v) is 5.89. The minimum atomic E-state index is -0.216. The van der Waals surface area contributed by atoms with Crippen molar-refractivity contribution in [2.45, 2.75) is 32.2 Å². The average molecular weight is 402 g/mol. The monoisotopic (exact) mass is 401 g/mol. The number of carbonyl (C=O) groups is 1. The van der Waals surface area contributed by atoms with Crippen molar-refractivity contribution in [2.75, 3.05) is 53.0 Å². The molecule has 2 fully saturated rings. The number of piperidine rings is 1. The summed E-state index contributed by atoms with van der Waals surface area (Å²) in [5, 5.41) is 3.61. The molecule has 7 nitrogen and oxygen atoms in total. The number of aryl methyl sites for hydroxylation is 1. The highest BCUT2D eigenvalue weighted by molar-refractivity contribution is 5.80. The summed E-state index contributed by atoms with van der Waals surface area (Å²) in [5.41, 5.74) is 8.01. The molecular weight excluding hydrogens is 366 g/mol. The maximum Gasteiger partial charge on any atom is 0.217 e. The molecule has 29 heavy (non-hydrogen) atoms. The van der Waals surface area contributed by atoms with Gasteiger partial charge >= 0.3 is 0 Å². The summed E-state index contributed by atoms with van der Waals surface area (Å²) in [7, 11) is 1.83. The lowest BCUT2D eigenvalue weighted by molar-refractivity contribution is -0.119. The molecule has 0 bridgehead atoms. The number of guanidine groups is 1. The number of nitrogens with zero attached hydrogens (tertiary/aromatic N) is 3.